The number of imidazole rings is 1. The molecule has 1 saturated heterocycles. The van der Waals surface area contributed by atoms with Gasteiger partial charge in [0.15, 0.2) is 23.0 Å². The van der Waals surface area contributed by atoms with Gasteiger partial charge in [0.1, 0.15) is 23.8 Å². The SMILES string of the molecule is [2H]C([2H])(c1cc(-c2cc(F)c(OC)cc2F)ncc1N1CCC[C@](N)([C@@H](O)C(F)F)C1)n1cnc2c(N)ncnc21. The monoisotopic (exact) mass is 548 g/mol. The number of piperidine rings is 1. The third kappa shape index (κ3) is 4.92. The fourth-order valence-corrected chi connectivity index (χ4v) is 4.69. The van der Waals surface area contributed by atoms with Gasteiger partial charge in [-0.1, -0.05) is 0 Å². The van der Waals surface area contributed by atoms with E-state index in [2.05, 4.69) is 19.9 Å². The maximum absolute atomic E-state index is 15.0. The van der Waals surface area contributed by atoms with Gasteiger partial charge in [0.2, 0.25) is 0 Å². The number of aliphatic hydroxyl groups excluding tert-OH is 1. The Morgan fingerprint density at radius 3 is 2.72 bits per heavy atom. The van der Waals surface area contributed by atoms with Gasteiger partial charge in [0.05, 0.1) is 45.8 Å². The van der Waals surface area contributed by atoms with E-state index in [1.54, 1.807) is 0 Å². The highest BCUT2D eigenvalue weighted by molar-refractivity contribution is 5.81. The number of alkyl halides is 2. The van der Waals surface area contributed by atoms with Gasteiger partial charge in [-0.05, 0) is 30.5 Å². The largest absolute Gasteiger partial charge is 0.494 e. The molecule has 206 valence electrons. The first-order chi connectivity index (χ1) is 19.4. The van der Waals surface area contributed by atoms with Crippen molar-refractivity contribution in [1.29, 1.82) is 0 Å². The number of rotatable bonds is 7. The first-order valence-electron chi connectivity index (χ1n) is 12.9. The molecule has 4 aromatic rings. The van der Waals surface area contributed by atoms with E-state index in [4.69, 9.17) is 18.9 Å². The van der Waals surface area contributed by atoms with E-state index in [9.17, 15) is 18.3 Å². The molecule has 0 aliphatic carbocycles. The van der Waals surface area contributed by atoms with Crippen LogP contribution in [0.4, 0.5) is 29.1 Å². The first-order valence-corrected chi connectivity index (χ1v) is 11.9. The van der Waals surface area contributed by atoms with Crippen molar-refractivity contribution in [3.63, 3.8) is 0 Å². The van der Waals surface area contributed by atoms with Gasteiger partial charge in [-0.3, -0.25) is 4.98 Å². The quantitative estimate of drug-likeness (QED) is 0.297. The minimum absolute atomic E-state index is 0.0147. The van der Waals surface area contributed by atoms with E-state index in [1.807, 2.05) is 0 Å². The summed E-state index contributed by atoms with van der Waals surface area (Å²) in [6, 6.07) is 2.95. The Kier molecular flexibility index (Phi) is 6.32. The maximum atomic E-state index is 15.0. The number of nitrogens with two attached hydrogens (primary N) is 2. The molecular formula is C25H26F4N8O2. The number of nitrogens with zero attached hydrogens (tertiary/aromatic N) is 6. The van der Waals surface area contributed by atoms with Gasteiger partial charge >= 0.3 is 0 Å². The number of methoxy groups -OCH3 is 1. The highest BCUT2D eigenvalue weighted by atomic mass is 19.3. The smallest absolute Gasteiger partial charge is 0.265 e. The molecule has 1 aromatic carbocycles. The van der Waals surface area contributed by atoms with Crippen molar-refractivity contribution in [3.05, 3.63) is 54.2 Å². The van der Waals surface area contributed by atoms with E-state index in [1.165, 1.54) is 24.3 Å². The fraction of sp³-hybridized carbons (Fsp3) is 0.360. The number of nitrogen functional groups attached to an aromatic ring is 1. The summed E-state index contributed by atoms with van der Waals surface area (Å²) in [7, 11) is 1.18. The highest BCUT2D eigenvalue weighted by Gasteiger charge is 2.43. The number of aliphatic hydroxyl groups is 1. The summed E-state index contributed by atoms with van der Waals surface area (Å²) in [6.45, 7) is -2.46. The lowest BCUT2D eigenvalue weighted by Gasteiger charge is -2.44. The molecule has 0 radical (unpaired) electrons. The molecule has 2 atom stereocenters. The topological polar surface area (TPSA) is 141 Å². The lowest BCUT2D eigenvalue weighted by molar-refractivity contribution is -0.0529. The highest BCUT2D eigenvalue weighted by Crippen LogP contribution is 2.34. The summed E-state index contributed by atoms with van der Waals surface area (Å²) in [5.74, 6) is -2.05. The second-order valence-corrected chi connectivity index (χ2v) is 9.25. The number of ether oxygens (including phenoxy) is 1. The normalized spacial score (nSPS) is 19.7. The van der Waals surface area contributed by atoms with E-state index in [0.717, 1.165) is 29.4 Å². The molecule has 1 fully saturated rings. The Labute approximate surface area is 223 Å². The Morgan fingerprint density at radius 1 is 1.18 bits per heavy atom. The zero-order valence-corrected chi connectivity index (χ0v) is 20.7. The lowest BCUT2D eigenvalue weighted by Crippen LogP contribution is -2.63. The number of aromatic nitrogens is 5. The van der Waals surface area contributed by atoms with Crippen molar-refractivity contribution >= 4 is 22.7 Å². The number of hydrogen-bond donors (Lipinski definition) is 3. The molecule has 0 amide bonds. The minimum atomic E-state index is -3.10. The van der Waals surface area contributed by atoms with Crippen LogP contribution in [-0.2, 0) is 6.50 Å². The maximum Gasteiger partial charge on any atom is 0.265 e. The Bertz CT molecular complexity index is 1610. The van der Waals surface area contributed by atoms with Crippen molar-refractivity contribution in [3.8, 4) is 17.0 Å². The molecule has 0 unspecified atom stereocenters. The van der Waals surface area contributed by atoms with Crippen molar-refractivity contribution in [2.45, 2.75) is 37.4 Å². The molecule has 4 heterocycles. The number of pyridine rings is 1. The zero-order chi connectivity index (χ0) is 29.7. The summed E-state index contributed by atoms with van der Waals surface area (Å²) >= 11 is 0. The molecule has 0 bridgehead atoms. The van der Waals surface area contributed by atoms with Crippen molar-refractivity contribution in [1.82, 2.24) is 24.5 Å². The van der Waals surface area contributed by atoms with Crippen LogP contribution < -0.4 is 21.1 Å². The van der Waals surface area contributed by atoms with Crippen molar-refractivity contribution in [2.24, 2.45) is 5.73 Å². The summed E-state index contributed by atoms with van der Waals surface area (Å²) in [5.41, 5.74) is 10.2. The van der Waals surface area contributed by atoms with Crippen LogP contribution in [0, 0.1) is 11.6 Å². The van der Waals surface area contributed by atoms with E-state index >= 15 is 4.39 Å². The van der Waals surface area contributed by atoms with Crippen LogP contribution in [0.25, 0.3) is 22.4 Å². The molecule has 5 N–H and O–H groups in total. The molecule has 0 spiro atoms. The second-order valence-electron chi connectivity index (χ2n) is 9.25. The van der Waals surface area contributed by atoms with Gasteiger partial charge in [-0.25, -0.2) is 32.5 Å². The summed E-state index contributed by atoms with van der Waals surface area (Å²) in [6.07, 6.45) is -1.29. The molecule has 0 saturated carbocycles. The number of halogens is 4. The predicted octanol–water partition coefficient (Wildman–Crippen LogP) is 2.73. The van der Waals surface area contributed by atoms with Crippen LogP contribution in [0.2, 0.25) is 0 Å². The van der Waals surface area contributed by atoms with Crippen LogP contribution in [0.1, 0.15) is 21.1 Å². The molecule has 5 rings (SSSR count). The zero-order valence-electron chi connectivity index (χ0n) is 22.7. The van der Waals surface area contributed by atoms with E-state index in [0.29, 0.717) is 6.42 Å². The van der Waals surface area contributed by atoms with Crippen LogP contribution in [0.5, 0.6) is 5.75 Å². The third-order valence-corrected chi connectivity index (χ3v) is 6.73. The van der Waals surface area contributed by atoms with Crippen LogP contribution >= 0.6 is 0 Å². The van der Waals surface area contributed by atoms with Gasteiger partial charge in [0, 0.05) is 24.7 Å². The molecular weight excluding hydrogens is 520 g/mol. The van der Waals surface area contributed by atoms with Crippen LogP contribution in [0.15, 0.2) is 37.1 Å². The Balaban J connectivity index is 1.69. The molecule has 39 heavy (non-hydrogen) atoms. The number of anilines is 2. The standard InChI is InChI=1S/C25H26F4N8O2/c1-39-19-7-15(26)14(6-16(19)27)17-5-13(9-37-12-35-20-23(30)33-11-34-24(20)37)18(8-32-17)36-4-2-3-25(31,10-36)21(38)22(28)29/h5-8,11-12,21-22,38H,2-4,9-10,31H2,1H3,(H2,30,33,34)/t21-,25+/m0/s1/i9D2. The molecule has 1 aliphatic rings. The molecule has 10 nitrogen and oxygen atoms in total. The molecule has 1 aliphatic heterocycles. The van der Waals surface area contributed by atoms with Crippen LogP contribution in [-0.4, -0.2) is 67.9 Å². The third-order valence-electron chi connectivity index (χ3n) is 6.73. The van der Waals surface area contributed by atoms with Crippen LogP contribution in [0.3, 0.4) is 0 Å². The van der Waals surface area contributed by atoms with Gasteiger partial charge in [-0.15, -0.1) is 0 Å². The Hall–Kier alpha value is -4.04. The second kappa shape index (κ2) is 10.3. The summed E-state index contributed by atoms with van der Waals surface area (Å²) in [4.78, 5) is 17.9. The fourth-order valence-electron chi connectivity index (χ4n) is 4.69. The number of benzene rings is 1. The Morgan fingerprint density at radius 2 is 1.97 bits per heavy atom. The number of hydrogen-bond acceptors (Lipinski definition) is 9. The average molecular weight is 549 g/mol. The van der Waals surface area contributed by atoms with Gasteiger partial charge < -0.3 is 30.8 Å². The van der Waals surface area contributed by atoms with E-state index in [-0.39, 0.29) is 64.7 Å². The van der Waals surface area contributed by atoms with Gasteiger partial charge in [-0.2, -0.15) is 0 Å². The minimum Gasteiger partial charge on any atom is -0.494 e. The molecule has 14 heteroatoms. The first kappa shape index (κ1) is 24.0. The molecule has 3 aromatic heterocycles. The van der Waals surface area contributed by atoms with Crippen molar-refractivity contribution < 1.29 is 30.1 Å². The summed E-state index contributed by atoms with van der Waals surface area (Å²) < 4.78 is 80.7. The summed E-state index contributed by atoms with van der Waals surface area (Å²) in [5, 5.41) is 10.2. The average Bonchev–Trinajstić information content (AvgIpc) is 3.40. The lowest BCUT2D eigenvalue weighted by atomic mass is 9.84. The van der Waals surface area contributed by atoms with E-state index < -0.39 is 36.2 Å². The van der Waals surface area contributed by atoms with Gasteiger partial charge in [0.25, 0.3) is 6.43 Å². The number of fused-ring (bicyclic) bond motifs is 1. The van der Waals surface area contributed by atoms with Crippen molar-refractivity contribution in [2.75, 3.05) is 30.8 Å². The predicted molar refractivity (Wildman–Crippen MR) is 135 cm³/mol.